The number of rotatable bonds is 6. The molecule has 98 valence electrons. The van der Waals surface area contributed by atoms with Gasteiger partial charge in [0, 0.05) is 18.0 Å². The van der Waals surface area contributed by atoms with Gasteiger partial charge in [0.05, 0.1) is 0 Å². The summed E-state index contributed by atoms with van der Waals surface area (Å²) in [6.45, 7) is 4.61. The number of nitrogens with two attached hydrogens (primary N) is 1. The largest absolute Gasteiger partial charge is 0.389 e. The van der Waals surface area contributed by atoms with Crippen molar-refractivity contribution in [3.8, 4) is 0 Å². The predicted octanol–water partition coefficient (Wildman–Crippen LogP) is 2.37. The van der Waals surface area contributed by atoms with Crippen LogP contribution in [0.2, 0.25) is 0 Å². The minimum absolute atomic E-state index is 0.112. The molecule has 3 nitrogen and oxygen atoms in total. The van der Waals surface area contributed by atoms with Gasteiger partial charge in [0.2, 0.25) is 5.91 Å². The second-order valence-electron chi connectivity index (χ2n) is 4.29. The highest BCUT2D eigenvalue weighted by Crippen LogP contribution is 2.08. The standard InChI is InChI=1S/C14H20N2OS/c1-3-11(4-2)14(17)16-9-10-5-7-12(8-6-10)13(15)18/h5-8,11H,3-4,9H2,1-2H3,(H2,15,18)(H,16,17). The second kappa shape index (κ2) is 7.11. The number of carbonyl (C=O) groups is 1. The molecule has 4 heteroatoms. The van der Waals surface area contributed by atoms with Gasteiger partial charge in [-0.1, -0.05) is 50.3 Å². The fourth-order valence-electron chi connectivity index (χ4n) is 1.78. The Bertz CT molecular complexity index is 410. The Morgan fingerprint density at radius 1 is 1.28 bits per heavy atom. The van der Waals surface area contributed by atoms with Gasteiger partial charge in [-0.25, -0.2) is 0 Å². The summed E-state index contributed by atoms with van der Waals surface area (Å²) in [5.41, 5.74) is 7.42. The Morgan fingerprint density at radius 2 is 1.83 bits per heavy atom. The van der Waals surface area contributed by atoms with Crippen molar-refractivity contribution in [3.63, 3.8) is 0 Å². The molecule has 0 aliphatic rings. The van der Waals surface area contributed by atoms with Gasteiger partial charge in [0.25, 0.3) is 0 Å². The third-order valence-electron chi connectivity index (χ3n) is 3.06. The Hall–Kier alpha value is -1.42. The second-order valence-corrected chi connectivity index (χ2v) is 4.73. The highest BCUT2D eigenvalue weighted by atomic mass is 32.1. The molecule has 1 amide bonds. The Balaban J connectivity index is 2.53. The molecule has 0 spiro atoms. The molecule has 0 unspecified atom stereocenters. The van der Waals surface area contributed by atoms with E-state index in [4.69, 9.17) is 18.0 Å². The van der Waals surface area contributed by atoms with Gasteiger partial charge in [0.1, 0.15) is 4.99 Å². The van der Waals surface area contributed by atoms with Crippen molar-refractivity contribution in [2.45, 2.75) is 33.2 Å². The van der Waals surface area contributed by atoms with E-state index in [2.05, 4.69) is 5.32 Å². The van der Waals surface area contributed by atoms with E-state index in [1.54, 1.807) is 0 Å². The Kier molecular flexibility index (Phi) is 5.78. The van der Waals surface area contributed by atoms with Crippen LogP contribution < -0.4 is 11.1 Å². The summed E-state index contributed by atoms with van der Waals surface area (Å²) in [4.78, 5) is 12.2. The first-order valence-corrected chi connectivity index (χ1v) is 6.65. The van der Waals surface area contributed by atoms with Crippen molar-refractivity contribution in [1.29, 1.82) is 0 Å². The molecule has 0 saturated carbocycles. The van der Waals surface area contributed by atoms with Gasteiger partial charge >= 0.3 is 0 Å². The van der Waals surface area contributed by atoms with E-state index >= 15 is 0 Å². The van der Waals surface area contributed by atoms with Gasteiger partial charge in [-0.15, -0.1) is 0 Å². The highest BCUT2D eigenvalue weighted by molar-refractivity contribution is 7.80. The molecule has 0 fully saturated rings. The van der Waals surface area contributed by atoms with Crippen LogP contribution in [0.3, 0.4) is 0 Å². The molecule has 0 bridgehead atoms. The molecule has 0 saturated heterocycles. The molecule has 0 aromatic heterocycles. The summed E-state index contributed by atoms with van der Waals surface area (Å²) in [5.74, 6) is 0.235. The number of amides is 1. The molecule has 0 radical (unpaired) electrons. The van der Waals surface area contributed by atoms with E-state index in [0.717, 1.165) is 24.0 Å². The van der Waals surface area contributed by atoms with Crippen LogP contribution >= 0.6 is 12.2 Å². The molecule has 0 atom stereocenters. The average molecular weight is 264 g/mol. The minimum atomic E-state index is 0.112. The smallest absolute Gasteiger partial charge is 0.223 e. The summed E-state index contributed by atoms with van der Waals surface area (Å²) in [6, 6.07) is 7.62. The fraction of sp³-hybridized carbons (Fsp3) is 0.429. The van der Waals surface area contributed by atoms with Crippen LogP contribution in [-0.2, 0) is 11.3 Å². The summed E-state index contributed by atoms with van der Waals surface area (Å²) in [7, 11) is 0. The maximum atomic E-state index is 11.8. The molecular formula is C14H20N2OS. The molecule has 1 aromatic rings. The normalized spacial score (nSPS) is 10.4. The molecule has 3 N–H and O–H groups in total. The van der Waals surface area contributed by atoms with E-state index in [1.165, 1.54) is 0 Å². The van der Waals surface area contributed by atoms with Crippen molar-refractivity contribution in [2.75, 3.05) is 0 Å². The van der Waals surface area contributed by atoms with Crippen LogP contribution in [-0.4, -0.2) is 10.9 Å². The zero-order valence-corrected chi connectivity index (χ0v) is 11.7. The third-order valence-corrected chi connectivity index (χ3v) is 3.30. The van der Waals surface area contributed by atoms with E-state index in [-0.39, 0.29) is 11.8 Å². The number of hydrogen-bond acceptors (Lipinski definition) is 2. The SMILES string of the molecule is CCC(CC)C(=O)NCc1ccc(C(N)=S)cc1. The lowest BCUT2D eigenvalue weighted by Gasteiger charge is -2.12. The summed E-state index contributed by atoms with van der Waals surface area (Å²) in [6.07, 6.45) is 1.76. The summed E-state index contributed by atoms with van der Waals surface area (Å²) in [5, 5.41) is 2.95. The van der Waals surface area contributed by atoms with Crippen LogP contribution in [0.15, 0.2) is 24.3 Å². The Morgan fingerprint density at radius 3 is 2.28 bits per heavy atom. The highest BCUT2D eigenvalue weighted by Gasteiger charge is 2.13. The first-order valence-electron chi connectivity index (χ1n) is 6.24. The summed E-state index contributed by atoms with van der Waals surface area (Å²) < 4.78 is 0. The first-order chi connectivity index (χ1) is 8.58. The van der Waals surface area contributed by atoms with Gasteiger partial charge < -0.3 is 11.1 Å². The lowest BCUT2D eigenvalue weighted by atomic mass is 10.0. The van der Waals surface area contributed by atoms with Gasteiger partial charge in [-0.05, 0) is 18.4 Å². The molecule has 18 heavy (non-hydrogen) atoms. The zero-order chi connectivity index (χ0) is 13.5. The number of nitrogens with one attached hydrogen (secondary N) is 1. The zero-order valence-electron chi connectivity index (χ0n) is 10.9. The lowest BCUT2D eigenvalue weighted by Crippen LogP contribution is -2.29. The quantitative estimate of drug-likeness (QED) is 0.776. The number of hydrogen-bond donors (Lipinski definition) is 2. The maximum absolute atomic E-state index is 11.8. The Labute approximate surface area is 114 Å². The topological polar surface area (TPSA) is 55.1 Å². The van der Waals surface area contributed by atoms with Crippen LogP contribution in [0.5, 0.6) is 0 Å². The van der Waals surface area contributed by atoms with Crippen molar-refractivity contribution >= 4 is 23.1 Å². The molecule has 1 rings (SSSR count). The molecule has 0 heterocycles. The maximum Gasteiger partial charge on any atom is 0.223 e. The predicted molar refractivity (Wildman–Crippen MR) is 78.2 cm³/mol. The van der Waals surface area contributed by atoms with E-state index in [0.29, 0.717) is 11.5 Å². The number of carbonyl (C=O) groups excluding carboxylic acids is 1. The van der Waals surface area contributed by atoms with Crippen molar-refractivity contribution in [2.24, 2.45) is 11.7 Å². The van der Waals surface area contributed by atoms with Crippen molar-refractivity contribution in [3.05, 3.63) is 35.4 Å². The molecule has 1 aromatic carbocycles. The van der Waals surface area contributed by atoms with Crippen LogP contribution in [0, 0.1) is 5.92 Å². The lowest BCUT2D eigenvalue weighted by molar-refractivity contribution is -0.125. The van der Waals surface area contributed by atoms with Gasteiger partial charge in [-0.3, -0.25) is 4.79 Å². The fourth-order valence-corrected chi connectivity index (χ4v) is 1.92. The molecular weight excluding hydrogens is 244 g/mol. The molecule has 0 aliphatic carbocycles. The van der Waals surface area contributed by atoms with Crippen LogP contribution in [0.1, 0.15) is 37.8 Å². The number of thiocarbonyl (C=S) groups is 1. The van der Waals surface area contributed by atoms with Crippen molar-refractivity contribution in [1.82, 2.24) is 5.32 Å². The van der Waals surface area contributed by atoms with E-state index < -0.39 is 0 Å². The average Bonchev–Trinajstić information content (AvgIpc) is 2.38. The minimum Gasteiger partial charge on any atom is -0.389 e. The van der Waals surface area contributed by atoms with Crippen LogP contribution in [0.4, 0.5) is 0 Å². The van der Waals surface area contributed by atoms with Gasteiger partial charge in [-0.2, -0.15) is 0 Å². The van der Waals surface area contributed by atoms with E-state index in [9.17, 15) is 4.79 Å². The summed E-state index contributed by atoms with van der Waals surface area (Å²) >= 11 is 4.89. The monoisotopic (exact) mass is 264 g/mol. The molecule has 0 aliphatic heterocycles. The first kappa shape index (κ1) is 14.6. The van der Waals surface area contributed by atoms with Crippen LogP contribution in [0.25, 0.3) is 0 Å². The third kappa shape index (κ3) is 4.11. The van der Waals surface area contributed by atoms with Crippen molar-refractivity contribution < 1.29 is 4.79 Å². The van der Waals surface area contributed by atoms with E-state index in [1.807, 2.05) is 38.1 Å². The van der Waals surface area contributed by atoms with Gasteiger partial charge in [0.15, 0.2) is 0 Å². The number of benzene rings is 1.